The molecular formula is C16H26N4. The van der Waals surface area contributed by atoms with Gasteiger partial charge in [-0.05, 0) is 31.5 Å². The van der Waals surface area contributed by atoms with Crippen molar-refractivity contribution in [2.75, 3.05) is 13.6 Å². The molecule has 4 nitrogen and oxygen atoms in total. The van der Waals surface area contributed by atoms with Crippen molar-refractivity contribution in [3.63, 3.8) is 0 Å². The molecule has 0 spiro atoms. The summed E-state index contributed by atoms with van der Waals surface area (Å²) >= 11 is 0. The Morgan fingerprint density at radius 3 is 2.80 bits per heavy atom. The van der Waals surface area contributed by atoms with E-state index in [0.29, 0.717) is 0 Å². The Morgan fingerprint density at radius 1 is 1.25 bits per heavy atom. The van der Waals surface area contributed by atoms with Crippen LogP contribution in [0.15, 0.2) is 24.3 Å². The molecule has 1 aromatic heterocycles. The minimum Gasteiger partial charge on any atom is -0.287 e. The van der Waals surface area contributed by atoms with Gasteiger partial charge in [0.05, 0.1) is 12.2 Å². The predicted molar refractivity (Wildman–Crippen MR) is 83.5 cm³/mol. The van der Waals surface area contributed by atoms with E-state index in [-0.39, 0.29) is 0 Å². The molecule has 0 fully saturated rings. The van der Waals surface area contributed by atoms with Gasteiger partial charge in [0.25, 0.3) is 0 Å². The molecule has 0 saturated heterocycles. The molecule has 2 rings (SSSR count). The first-order chi connectivity index (χ1) is 9.74. The van der Waals surface area contributed by atoms with Crippen molar-refractivity contribution < 1.29 is 0 Å². The molecule has 1 atom stereocenters. The van der Waals surface area contributed by atoms with Crippen molar-refractivity contribution in [1.29, 1.82) is 0 Å². The van der Waals surface area contributed by atoms with Crippen molar-refractivity contribution in [2.24, 2.45) is 5.92 Å². The molecule has 1 aromatic carbocycles. The van der Waals surface area contributed by atoms with Crippen LogP contribution >= 0.6 is 0 Å². The van der Waals surface area contributed by atoms with E-state index in [0.717, 1.165) is 30.2 Å². The Kier molecular flexibility index (Phi) is 5.53. The third-order valence-electron chi connectivity index (χ3n) is 3.91. The zero-order valence-corrected chi connectivity index (χ0v) is 12.9. The lowest BCUT2D eigenvalue weighted by molar-refractivity contribution is 0.207. The first kappa shape index (κ1) is 15.0. The van der Waals surface area contributed by atoms with Gasteiger partial charge in [0.2, 0.25) is 0 Å². The van der Waals surface area contributed by atoms with E-state index in [9.17, 15) is 0 Å². The highest BCUT2D eigenvalue weighted by atomic mass is 15.5. The molecule has 0 aliphatic rings. The van der Waals surface area contributed by atoms with E-state index >= 15 is 0 Å². The average Bonchev–Trinajstić information content (AvgIpc) is 2.87. The van der Waals surface area contributed by atoms with Gasteiger partial charge in [-0.1, -0.05) is 50.5 Å². The van der Waals surface area contributed by atoms with E-state index in [2.05, 4.69) is 42.2 Å². The number of para-hydroxylation sites is 1. The van der Waals surface area contributed by atoms with Crippen LogP contribution in [0.25, 0.3) is 11.0 Å². The Hall–Kier alpha value is -1.42. The molecular weight excluding hydrogens is 248 g/mol. The molecule has 110 valence electrons. The summed E-state index contributed by atoms with van der Waals surface area (Å²) in [5.41, 5.74) is 2.08. The van der Waals surface area contributed by atoms with Gasteiger partial charge in [-0.2, -0.15) is 0 Å². The predicted octanol–water partition coefficient (Wildman–Crippen LogP) is 3.54. The first-order valence-electron chi connectivity index (χ1n) is 7.71. The Morgan fingerprint density at radius 2 is 2.05 bits per heavy atom. The van der Waals surface area contributed by atoms with E-state index < -0.39 is 0 Å². The molecule has 0 saturated carbocycles. The second-order valence-corrected chi connectivity index (χ2v) is 5.67. The first-order valence-corrected chi connectivity index (χ1v) is 7.71. The summed E-state index contributed by atoms with van der Waals surface area (Å²) in [6, 6.07) is 8.13. The Labute approximate surface area is 121 Å². The molecule has 0 aliphatic carbocycles. The fourth-order valence-electron chi connectivity index (χ4n) is 2.67. The van der Waals surface area contributed by atoms with Crippen molar-refractivity contribution in [2.45, 2.75) is 46.2 Å². The van der Waals surface area contributed by atoms with Gasteiger partial charge in [0.1, 0.15) is 5.52 Å². The molecule has 0 aliphatic heterocycles. The van der Waals surface area contributed by atoms with Gasteiger partial charge >= 0.3 is 0 Å². The largest absolute Gasteiger partial charge is 0.287 e. The second-order valence-electron chi connectivity index (χ2n) is 5.67. The Balaban J connectivity index is 1.95. The van der Waals surface area contributed by atoms with Crippen LogP contribution in [0.5, 0.6) is 0 Å². The summed E-state index contributed by atoms with van der Waals surface area (Å²) in [5.74, 6) is 0.787. The van der Waals surface area contributed by atoms with Crippen LogP contribution in [-0.4, -0.2) is 33.5 Å². The number of unbranched alkanes of at least 4 members (excludes halogenated alkanes) is 1. The number of nitrogens with zero attached hydrogens (tertiary/aromatic N) is 4. The third-order valence-corrected chi connectivity index (χ3v) is 3.91. The lowest BCUT2D eigenvalue weighted by Gasteiger charge is -2.23. The van der Waals surface area contributed by atoms with Gasteiger partial charge in [-0.3, -0.25) is 4.90 Å². The van der Waals surface area contributed by atoms with Crippen LogP contribution in [-0.2, 0) is 6.67 Å². The Bertz CT molecular complexity index is 520. The summed E-state index contributed by atoms with van der Waals surface area (Å²) in [4.78, 5) is 2.35. The summed E-state index contributed by atoms with van der Waals surface area (Å²) < 4.78 is 1.99. The van der Waals surface area contributed by atoms with Gasteiger partial charge in [-0.15, -0.1) is 5.10 Å². The number of benzene rings is 1. The van der Waals surface area contributed by atoms with Crippen LogP contribution in [0.1, 0.15) is 39.5 Å². The maximum atomic E-state index is 4.26. The fourth-order valence-corrected chi connectivity index (χ4v) is 2.67. The molecule has 1 heterocycles. The number of hydrogen-bond acceptors (Lipinski definition) is 3. The molecule has 0 amide bonds. The van der Waals surface area contributed by atoms with Crippen LogP contribution in [0.2, 0.25) is 0 Å². The highest BCUT2D eigenvalue weighted by molar-refractivity contribution is 5.73. The maximum Gasteiger partial charge on any atom is 0.113 e. The molecule has 0 bridgehead atoms. The van der Waals surface area contributed by atoms with Gasteiger partial charge in [-0.25, -0.2) is 4.68 Å². The number of aromatic nitrogens is 3. The number of rotatable bonds is 8. The fraction of sp³-hybridized carbons (Fsp3) is 0.625. The van der Waals surface area contributed by atoms with E-state index in [4.69, 9.17) is 0 Å². The zero-order chi connectivity index (χ0) is 14.4. The normalized spacial score (nSPS) is 13.2. The monoisotopic (exact) mass is 274 g/mol. The minimum atomic E-state index is 0.787. The van der Waals surface area contributed by atoms with Crippen LogP contribution in [0.4, 0.5) is 0 Å². The van der Waals surface area contributed by atoms with Gasteiger partial charge in [0, 0.05) is 6.54 Å². The standard InChI is InChI=1S/C16H26N4/c1-4-6-9-14(5-2)12-19(3)13-20-16-11-8-7-10-15(16)17-18-20/h7-8,10-11,14H,4-6,9,12-13H2,1-3H3. The van der Waals surface area contributed by atoms with Crippen molar-refractivity contribution >= 4 is 11.0 Å². The maximum absolute atomic E-state index is 4.26. The number of fused-ring (bicyclic) bond motifs is 1. The van der Waals surface area contributed by atoms with Crippen molar-refractivity contribution in [1.82, 2.24) is 19.9 Å². The van der Waals surface area contributed by atoms with Gasteiger partial charge in [0.15, 0.2) is 0 Å². The SMILES string of the molecule is CCCCC(CC)CN(C)Cn1nnc2ccccc21. The van der Waals surface area contributed by atoms with E-state index in [1.807, 2.05) is 22.9 Å². The third kappa shape index (κ3) is 3.79. The number of hydrogen-bond donors (Lipinski definition) is 0. The molecule has 0 radical (unpaired) electrons. The topological polar surface area (TPSA) is 34.0 Å². The van der Waals surface area contributed by atoms with Crippen LogP contribution in [0, 0.1) is 5.92 Å². The smallest absolute Gasteiger partial charge is 0.113 e. The van der Waals surface area contributed by atoms with Crippen molar-refractivity contribution in [3.8, 4) is 0 Å². The summed E-state index contributed by atoms with van der Waals surface area (Å²) in [5, 5.41) is 8.46. The lowest BCUT2D eigenvalue weighted by atomic mass is 9.99. The summed E-state index contributed by atoms with van der Waals surface area (Å²) in [6.07, 6.45) is 5.20. The van der Waals surface area contributed by atoms with E-state index in [1.165, 1.54) is 25.7 Å². The molecule has 2 aromatic rings. The highest BCUT2D eigenvalue weighted by Crippen LogP contribution is 2.15. The molecule has 0 N–H and O–H groups in total. The summed E-state index contributed by atoms with van der Waals surface area (Å²) in [7, 11) is 2.17. The van der Waals surface area contributed by atoms with Crippen LogP contribution < -0.4 is 0 Å². The highest BCUT2D eigenvalue weighted by Gasteiger charge is 2.11. The average molecular weight is 274 g/mol. The van der Waals surface area contributed by atoms with E-state index in [1.54, 1.807) is 0 Å². The van der Waals surface area contributed by atoms with Gasteiger partial charge < -0.3 is 0 Å². The molecule has 20 heavy (non-hydrogen) atoms. The van der Waals surface area contributed by atoms with Crippen molar-refractivity contribution in [3.05, 3.63) is 24.3 Å². The molecule has 4 heteroatoms. The minimum absolute atomic E-state index is 0.787. The second kappa shape index (κ2) is 7.39. The summed E-state index contributed by atoms with van der Waals surface area (Å²) in [6.45, 7) is 6.49. The lowest BCUT2D eigenvalue weighted by Crippen LogP contribution is -2.28. The quantitative estimate of drug-likeness (QED) is 0.738. The van der Waals surface area contributed by atoms with Crippen LogP contribution in [0.3, 0.4) is 0 Å². The molecule has 1 unspecified atom stereocenters. The zero-order valence-electron chi connectivity index (χ0n) is 12.9.